The number of nitrogens with zero attached hydrogens (tertiary/aromatic N) is 2. The van der Waals surface area contributed by atoms with Gasteiger partial charge in [0.25, 0.3) is 0 Å². The first-order valence-electron chi connectivity index (χ1n) is 4.82. The van der Waals surface area contributed by atoms with E-state index in [-0.39, 0.29) is 12.0 Å². The minimum Gasteiger partial charge on any atom is -0.369 e. The molecule has 1 aromatic rings. The number of urea groups is 1. The quantitative estimate of drug-likeness (QED) is 0.336. The summed E-state index contributed by atoms with van der Waals surface area (Å²) in [5.74, 6) is -0.0980. The Morgan fingerprint density at radius 3 is 2.47 bits per heavy atom. The van der Waals surface area contributed by atoms with Gasteiger partial charge in [-0.1, -0.05) is 12.1 Å². The number of hydrogen-bond acceptors (Lipinski definition) is 3. The van der Waals surface area contributed by atoms with Gasteiger partial charge < -0.3 is 22.1 Å². The van der Waals surface area contributed by atoms with E-state index in [0.29, 0.717) is 5.69 Å². The number of anilines is 1. The van der Waals surface area contributed by atoms with Crippen LogP contribution < -0.4 is 22.1 Å². The summed E-state index contributed by atoms with van der Waals surface area (Å²) in [7, 11) is 1.55. The summed E-state index contributed by atoms with van der Waals surface area (Å²) in [4.78, 5) is 11.0. The van der Waals surface area contributed by atoms with Crippen LogP contribution in [-0.4, -0.2) is 25.3 Å². The maximum Gasteiger partial charge on any atom is 0.318 e. The highest BCUT2D eigenvalue weighted by Crippen LogP contribution is 2.07. The molecule has 6 N–H and O–H groups in total. The van der Waals surface area contributed by atoms with Gasteiger partial charge in [0, 0.05) is 12.7 Å². The van der Waals surface area contributed by atoms with Crippen molar-refractivity contribution in [1.82, 2.24) is 5.32 Å². The van der Waals surface area contributed by atoms with E-state index >= 15 is 0 Å². The normalized spacial score (nSPS) is 9.94. The number of nitrogens with one attached hydrogen (secondary N) is 2. The van der Waals surface area contributed by atoms with Crippen LogP contribution in [0.4, 0.5) is 10.5 Å². The predicted molar refractivity (Wildman–Crippen MR) is 67.9 cm³/mol. The summed E-state index contributed by atoms with van der Waals surface area (Å²) in [5, 5.41) is 12.2. The third-order valence-electron chi connectivity index (χ3n) is 1.78. The molecule has 0 radical (unpaired) electrons. The number of rotatable bonds is 3. The van der Waals surface area contributed by atoms with Crippen LogP contribution in [0.1, 0.15) is 5.56 Å². The average Bonchev–Trinajstić information content (AvgIpc) is 2.31. The van der Waals surface area contributed by atoms with Gasteiger partial charge in [-0.15, -0.1) is 5.10 Å². The number of carbonyl (C=O) groups is 1. The lowest BCUT2D eigenvalue weighted by molar-refractivity contribution is 0.254. The molecular formula is C10H14N6O. The Morgan fingerprint density at radius 2 is 1.94 bits per heavy atom. The van der Waals surface area contributed by atoms with Gasteiger partial charge in [-0.25, -0.2) is 4.79 Å². The third kappa shape index (κ3) is 4.65. The summed E-state index contributed by atoms with van der Waals surface area (Å²) < 4.78 is 0. The monoisotopic (exact) mass is 234 g/mol. The van der Waals surface area contributed by atoms with E-state index in [4.69, 9.17) is 11.5 Å². The van der Waals surface area contributed by atoms with Crippen molar-refractivity contribution in [3.8, 4) is 0 Å². The van der Waals surface area contributed by atoms with Crippen molar-refractivity contribution < 1.29 is 4.79 Å². The van der Waals surface area contributed by atoms with E-state index in [1.54, 1.807) is 31.3 Å². The van der Waals surface area contributed by atoms with E-state index in [2.05, 4.69) is 20.8 Å². The molecule has 0 fully saturated rings. The first kappa shape index (κ1) is 12.5. The van der Waals surface area contributed by atoms with E-state index in [1.165, 1.54) is 6.21 Å². The van der Waals surface area contributed by atoms with Crippen LogP contribution in [0.25, 0.3) is 0 Å². The van der Waals surface area contributed by atoms with E-state index in [0.717, 1.165) is 5.56 Å². The molecule has 2 amide bonds. The Labute approximate surface area is 98.6 Å². The predicted octanol–water partition coefficient (Wildman–Crippen LogP) is 0.0452. The van der Waals surface area contributed by atoms with Crippen molar-refractivity contribution in [1.29, 1.82) is 0 Å². The molecule has 0 spiro atoms. The van der Waals surface area contributed by atoms with Crippen molar-refractivity contribution in [3.63, 3.8) is 0 Å². The molecule has 0 aliphatic heterocycles. The fourth-order valence-electron chi connectivity index (χ4n) is 1.01. The number of nitrogens with two attached hydrogens (primary N) is 2. The smallest absolute Gasteiger partial charge is 0.318 e. The van der Waals surface area contributed by atoms with Crippen LogP contribution >= 0.6 is 0 Å². The third-order valence-corrected chi connectivity index (χ3v) is 1.78. The standard InChI is InChI=1S/C10H14N6O/c1-13-10(17)15-8-4-2-7(3-5-8)6-14-16-9(11)12/h2-6H,1H3,(H4,11,12,16)(H2,13,15,17). The van der Waals surface area contributed by atoms with Crippen LogP contribution in [-0.2, 0) is 0 Å². The zero-order valence-corrected chi connectivity index (χ0v) is 9.34. The first-order valence-corrected chi connectivity index (χ1v) is 4.82. The summed E-state index contributed by atoms with van der Waals surface area (Å²) in [6, 6.07) is 6.76. The van der Waals surface area contributed by atoms with Crippen molar-refractivity contribution >= 4 is 23.9 Å². The van der Waals surface area contributed by atoms with Gasteiger partial charge in [-0.2, -0.15) is 5.10 Å². The zero-order chi connectivity index (χ0) is 12.7. The molecule has 1 aromatic carbocycles. The minimum atomic E-state index is -0.271. The number of hydrogen-bond donors (Lipinski definition) is 4. The van der Waals surface area contributed by atoms with Crippen LogP contribution in [0.2, 0.25) is 0 Å². The number of guanidine groups is 1. The summed E-state index contributed by atoms with van der Waals surface area (Å²) >= 11 is 0. The first-order chi connectivity index (χ1) is 8.11. The maximum absolute atomic E-state index is 11.0. The Balaban J connectivity index is 2.65. The lowest BCUT2D eigenvalue weighted by Crippen LogP contribution is -2.24. The van der Waals surface area contributed by atoms with E-state index in [9.17, 15) is 4.79 Å². The molecule has 0 atom stereocenters. The second-order valence-corrected chi connectivity index (χ2v) is 3.10. The van der Waals surface area contributed by atoms with E-state index in [1.807, 2.05) is 0 Å². The molecular weight excluding hydrogens is 220 g/mol. The summed E-state index contributed by atoms with van der Waals surface area (Å²) in [5.41, 5.74) is 11.7. The van der Waals surface area contributed by atoms with Crippen LogP contribution in [0.3, 0.4) is 0 Å². The van der Waals surface area contributed by atoms with Crippen molar-refractivity contribution in [2.45, 2.75) is 0 Å². The highest BCUT2D eigenvalue weighted by Gasteiger charge is 1.97. The minimum absolute atomic E-state index is 0.0980. The fraction of sp³-hybridized carbons (Fsp3) is 0.100. The topological polar surface area (TPSA) is 118 Å². The molecule has 0 heterocycles. The molecule has 7 heteroatoms. The molecule has 0 unspecified atom stereocenters. The molecule has 7 nitrogen and oxygen atoms in total. The van der Waals surface area contributed by atoms with Crippen molar-refractivity contribution in [3.05, 3.63) is 29.8 Å². The van der Waals surface area contributed by atoms with Gasteiger partial charge >= 0.3 is 6.03 Å². The Morgan fingerprint density at radius 1 is 1.29 bits per heavy atom. The molecule has 90 valence electrons. The Kier molecular flexibility index (Phi) is 4.49. The Bertz CT molecular complexity index is 433. The van der Waals surface area contributed by atoms with Crippen molar-refractivity contribution in [2.24, 2.45) is 21.7 Å². The highest BCUT2D eigenvalue weighted by atomic mass is 16.2. The molecule has 1 rings (SSSR count). The van der Waals surface area contributed by atoms with Gasteiger partial charge in [0.05, 0.1) is 6.21 Å². The van der Waals surface area contributed by atoms with Gasteiger partial charge in [-0.05, 0) is 17.7 Å². The average molecular weight is 234 g/mol. The zero-order valence-electron chi connectivity index (χ0n) is 9.34. The lowest BCUT2D eigenvalue weighted by atomic mass is 10.2. The maximum atomic E-state index is 11.0. The fourth-order valence-corrected chi connectivity index (χ4v) is 1.01. The second kappa shape index (κ2) is 6.11. The second-order valence-electron chi connectivity index (χ2n) is 3.10. The number of benzene rings is 1. The van der Waals surface area contributed by atoms with Gasteiger partial charge in [0.1, 0.15) is 0 Å². The van der Waals surface area contributed by atoms with Gasteiger partial charge in [0.15, 0.2) is 0 Å². The molecule has 0 aromatic heterocycles. The molecule has 0 saturated carbocycles. The molecule has 0 saturated heterocycles. The van der Waals surface area contributed by atoms with E-state index < -0.39 is 0 Å². The van der Waals surface area contributed by atoms with Crippen molar-refractivity contribution in [2.75, 3.05) is 12.4 Å². The Hall–Kier alpha value is -2.57. The number of amides is 2. The highest BCUT2D eigenvalue weighted by molar-refractivity contribution is 5.89. The SMILES string of the molecule is CNC(=O)Nc1ccc(C=NN=C(N)N)cc1. The van der Waals surface area contributed by atoms with Crippen LogP contribution in [0.15, 0.2) is 34.5 Å². The molecule has 17 heavy (non-hydrogen) atoms. The lowest BCUT2D eigenvalue weighted by Gasteiger charge is -2.03. The van der Waals surface area contributed by atoms with Crippen LogP contribution in [0, 0.1) is 0 Å². The number of carbonyl (C=O) groups excluding carboxylic acids is 1. The van der Waals surface area contributed by atoms with Gasteiger partial charge in [-0.3, -0.25) is 0 Å². The summed E-state index contributed by atoms with van der Waals surface area (Å²) in [6.07, 6.45) is 1.50. The molecule has 0 aliphatic carbocycles. The van der Waals surface area contributed by atoms with Crippen LogP contribution in [0.5, 0.6) is 0 Å². The molecule has 0 bridgehead atoms. The summed E-state index contributed by atoms with van der Waals surface area (Å²) in [6.45, 7) is 0. The largest absolute Gasteiger partial charge is 0.369 e. The van der Waals surface area contributed by atoms with Gasteiger partial charge in [0.2, 0.25) is 5.96 Å². The molecule has 0 aliphatic rings.